The summed E-state index contributed by atoms with van der Waals surface area (Å²) in [4.78, 5) is 12.9. The summed E-state index contributed by atoms with van der Waals surface area (Å²) >= 11 is 6.30. The van der Waals surface area contributed by atoms with E-state index in [-0.39, 0.29) is 5.69 Å². The molecular formula is C21H18ClFN6O. The Balaban J connectivity index is 1.67. The van der Waals surface area contributed by atoms with Crippen LogP contribution in [0.5, 0.6) is 0 Å². The van der Waals surface area contributed by atoms with E-state index in [1.165, 1.54) is 22.9 Å². The van der Waals surface area contributed by atoms with Crippen LogP contribution in [0.4, 0.5) is 10.1 Å². The smallest absolute Gasteiger partial charge is 0.257 e. The second kappa shape index (κ2) is 7.72. The number of amides is 1. The van der Waals surface area contributed by atoms with Crippen LogP contribution in [0.25, 0.3) is 11.4 Å². The monoisotopic (exact) mass is 424 g/mol. The number of carbonyl (C=O) groups is 1. The number of benzene rings is 2. The summed E-state index contributed by atoms with van der Waals surface area (Å²) in [6.07, 6.45) is 0. The highest BCUT2D eigenvalue weighted by molar-refractivity contribution is 6.34. The first kappa shape index (κ1) is 19.8. The maximum absolute atomic E-state index is 14.3. The maximum Gasteiger partial charge on any atom is 0.257 e. The zero-order chi connectivity index (χ0) is 21.4. The van der Waals surface area contributed by atoms with Crippen LogP contribution in [0.1, 0.15) is 27.6 Å². The highest BCUT2D eigenvalue weighted by atomic mass is 35.5. The van der Waals surface area contributed by atoms with Crippen molar-refractivity contribution in [2.24, 2.45) is 0 Å². The highest BCUT2D eigenvalue weighted by Gasteiger charge is 2.16. The number of aromatic nitrogens is 5. The molecule has 0 radical (unpaired) electrons. The number of tetrazole rings is 1. The van der Waals surface area contributed by atoms with Gasteiger partial charge in [0.25, 0.3) is 5.91 Å². The lowest BCUT2D eigenvalue weighted by Crippen LogP contribution is -2.14. The molecule has 2 heterocycles. The van der Waals surface area contributed by atoms with Gasteiger partial charge in [0.1, 0.15) is 11.5 Å². The fourth-order valence-electron chi connectivity index (χ4n) is 3.31. The van der Waals surface area contributed by atoms with Crippen LogP contribution in [0.3, 0.4) is 0 Å². The molecule has 2 aromatic carbocycles. The quantitative estimate of drug-likeness (QED) is 0.526. The van der Waals surface area contributed by atoms with E-state index in [1.54, 1.807) is 19.1 Å². The summed E-state index contributed by atoms with van der Waals surface area (Å²) in [6.45, 7) is 5.63. The Hall–Kier alpha value is -3.52. The molecule has 0 bridgehead atoms. The number of halogens is 2. The number of aryl methyl sites for hydroxylation is 3. The van der Waals surface area contributed by atoms with Crippen LogP contribution in [-0.2, 0) is 0 Å². The van der Waals surface area contributed by atoms with Crippen LogP contribution in [0, 0.1) is 26.6 Å². The summed E-state index contributed by atoms with van der Waals surface area (Å²) < 4.78 is 17.6. The Bertz CT molecular complexity index is 1240. The van der Waals surface area contributed by atoms with E-state index in [9.17, 15) is 9.18 Å². The molecule has 1 N–H and O–H groups in total. The molecule has 4 rings (SSSR count). The average molecular weight is 425 g/mol. The second-order valence-electron chi connectivity index (χ2n) is 6.87. The number of anilines is 1. The third kappa shape index (κ3) is 3.57. The number of hydrogen-bond donors (Lipinski definition) is 1. The van der Waals surface area contributed by atoms with E-state index >= 15 is 0 Å². The molecule has 2 aromatic heterocycles. The summed E-state index contributed by atoms with van der Waals surface area (Å²) in [6, 6.07) is 13.5. The Labute approximate surface area is 177 Å². The van der Waals surface area contributed by atoms with Gasteiger partial charge >= 0.3 is 0 Å². The molecule has 0 aliphatic rings. The molecule has 152 valence electrons. The Morgan fingerprint density at radius 2 is 1.77 bits per heavy atom. The maximum atomic E-state index is 14.3. The number of nitrogens with one attached hydrogen (secondary N) is 1. The Morgan fingerprint density at radius 3 is 2.43 bits per heavy atom. The van der Waals surface area contributed by atoms with Crippen LogP contribution < -0.4 is 5.32 Å². The molecule has 0 atom stereocenters. The molecule has 9 heteroatoms. The van der Waals surface area contributed by atoms with Gasteiger partial charge in [0.2, 0.25) is 0 Å². The molecule has 0 saturated carbocycles. The average Bonchev–Trinajstić information content (AvgIpc) is 3.29. The van der Waals surface area contributed by atoms with Gasteiger partial charge in [-0.3, -0.25) is 4.79 Å². The molecule has 30 heavy (non-hydrogen) atoms. The minimum absolute atomic E-state index is 0.133. The van der Waals surface area contributed by atoms with Crippen LogP contribution >= 0.6 is 11.6 Å². The lowest BCUT2D eigenvalue weighted by Gasteiger charge is -2.13. The molecule has 0 spiro atoms. The third-order valence-corrected chi connectivity index (χ3v) is 5.11. The first-order valence-corrected chi connectivity index (χ1v) is 9.54. The number of hydrogen-bond acceptors (Lipinski definition) is 4. The molecule has 0 aliphatic carbocycles. The van der Waals surface area contributed by atoms with Gasteiger partial charge in [0.05, 0.1) is 10.6 Å². The predicted octanol–water partition coefficient (Wildman–Crippen LogP) is 4.42. The summed E-state index contributed by atoms with van der Waals surface area (Å²) in [7, 11) is 0. The van der Waals surface area contributed by atoms with Gasteiger partial charge in [-0.05, 0) is 79.7 Å². The number of carbonyl (C=O) groups excluding carboxylic acids is 1. The lowest BCUT2D eigenvalue weighted by atomic mass is 10.1. The van der Waals surface area contributed by atoms with Gasteiger partial charge in [-0.25, -0.2) is 4.39 Å². The molecule has 4 aromatic rings. The van der Waals surface area contributed by atoms with E-state index in [0.29, 0.717) is 22.1 Å². The van der Waals surface area contributed by atoms with E-state index in [0.717, 1.165) is 17.1 Å². The van der Waals surface area contributed by atoms with Crippen LogP contribution in [-0.4, -0.2) is 30.7 Å². The van der Waals surface area contributed by atoms with Crippen molar-refractivity contribution < 1.29 is 9.18 Å². The molecule has 0 aliphatic heterocycles. The standard InChI is InChI=1S/C21H18ClFN6O/c1-12-4-5-13(2)28(12)16-7-8-18(22)17(11-16)21(30)24-15-6-9-19(23)20(10-15)29-14(3)25-26-27-29/h4-11H,1-3H3,(H,24,30). The summed E-state index contributed by atoms with van der Waals surface area (Å²) in [5, 5.41) is 14.1. The fraction of sp³-hybridized carbons (Fsp3) is 0.143. The van der Waals surface area contributed by atoms with Gasteiger partial charge in [0.15, 0.2) is 5.82 Å². The zero-order valence-electron chi connectivity index (χ0n) is 16.5. The van der Waals surface area contributed by atoms with Crippen molar-refractivity contribution in [2.45, 2.75) is 20.8 Å². The largest absolute Gasteiger partial charge is 0.322 e. The van der Waals surface area contributed by atoms with Crippen LogP contribution in [0.15, 0.2) is 48.5 Å². The molecule has 0 saturated heterocycles. The molecule has 0 fully saturated rings. The highest BCUT2D eigenvalue weighted by Crippen LogP contribution is 2.25. The predicted molar refractivity (Wildman–Crippen MR) is 112 cm³/mol. The molecule has 7 nitrogen and oxygen atoms in total. The number of nitrogens with zero attached hydrogens (tertiary/aromatic N) is 5. The first-order chi connectivity index (χ1) is 14.3. The summed E-state index contributed by atoms with van der Waals surface area (Å²) in [5.41, 5.74) is 3.75. The van der Waals surface area contributed by atoms with Crippen molar-refractivity contribution in [1.82, 2.24) is 24.8 Å². The Morgan fingerprint density at radius 1 is 1.03 bits per heavy atom. The van der Waals surface area contributed by atoms with Gasteiger partial charge in [-0.1, -0.05) is 11.6 Å². The van der Waals surface area contributed by atoms with Gasteiger partial charge < -0.3 is 9.88 Å². The van der Waals surface area contributed by atoms with E-state index in [1.807, 2.05) is 36.6 Å². The van der Waals surface area contributed by atoms with Crippen molar-refractivity contribution in [2.75, 3.05) is 5.32 Å². The fourth-order valence-corrected chi connectivity index (χ4v) is 3.51. The van der Waals surface area contributed by atoms with Crippen molar-refractivity contribution >= 4 is 23.2 Å². The second-order valence-corrected chi connectivity index (χ2v) is 7.28. The van der Waals surface area contributed by atoms with Crippen molar-refractivity contribution in [1.29, 1.82) is 0 Å². The molecule has 0 unspecified atom stereocenters. The van der Waals surface area contributed by atoms with Gasteiger partial charge in [0, 0.05) is 22.8 Å². The van der Waals surface area contributed by atoms with Gasteiger partial charge in [-0.2, -0.15) is 4.68 Å². The lowest BCUT2D eigenvalue weighted by molar-refractivity contribution is 0.102. The summed E-state index contributed by atoms with van der Waals surface area (Å²) in [5.74, 6) is -0.497. The van der Waals surface area contributed by atoms with E-state index in [4.69, 9.17) is 11.6 Å². The Kier molecular flexibility index (Phi) is 5.09. The normalized spacial score (nSPS) is 11.0. The van der Waals surface area contributed by atoms with Crippen molar-refractivity contribution in [3.05, 3.63) is 82.1 Å². The molecule has 1 amide bonds. The minimum atomic E-state index is -0.512. The van der Waals surface area contributed by atoms with Crippen molar-refractivity contribution in [3.8, 4) is 11.4 Å². The SMILES string of the molecule is Cc1nnnn1-c1cc(NC(=O)c2cc(-n3c(C)ccc3C)ccc2Cl)ccc1F. The molecular weight excluding hydrogens is 407 g/mol. The van der Waals surface area contributed by atoms with Crippen molar-refractivity contribution in [3.63, 3.8) is 0 Å². The third-order valence-electron chi connectivity index (χ3n) is 4.78. The van der Waals surface area contributed by atoms with E-state index in [2.05, 4.69) is 20.8 Å². The van der Waals surface area contributed by atoms with Gasteiger partial charge in [-0.15, -0.1) is 5.10 Å². The van der Waals surface area contributed by atoms with Crippen LogP contribution in [0.2, 0.25) is 5.02 Å². The zero-order valence-corrected chi connectivity index (χ0v) is 17.3. The number of rotatable bonds is 4. The van der Waals surface area contributed by atoms with E-state index < -0.39 is 11.7 Å². The first-order valence-electron chi connectivity index (χ1n) is 9.16. The topological polar surface area (TPSA) is 77.6 Å². The minimum Gasteiger partial charge on any atom is -0.322 e.